The van der Waals surface area contributed by atoms with Crippen LogP contribution in [0.4, 0.5) is 5.69 Å². The fourth-order valence-electron chi connectivity index (χ4n) is 2.07. The Morgan fingerprint density at radius 1 is 1.00 bits per heavy atom. The van der Waals surface area contributed by atoms with Crippen LogP contribution in [0.1, 0.15) is 20.7 Å². The average molecular weight is 378 g/mol. The van der Waals surface area contributed by atoms with Crippen molar-refractivity contribution in [1.29, 1.82) is 0 Å². The second-order valence-corrected chi connectivity index (χ2v) is 5.48. The van der Waals surface area contributed by atoms with E-state index in [1.54, 1.807) is 12.1 Å². The Hall–Kier alpha value is -3.06. The Kier molecular flexibility index (Phi) is 6.57. The second kappa shape index (κ2) is 8.87. The van der Waals surface area contributed by atoms with E-state index in [9.17, 15) is 14.4 Å². The SMILES string of the molecule is COC(=O)c1cccc(C(=O)OCC(=O)Nc2cc(Cl)ccc2OC)c1. The van der Waals surface area contributed by atoms with Crippen molar-refractivity contribution >= 4 is 35.1 Å². The van der Waals surface area contributed by atoms with E-state index in [1.165, 1.54) is 44.6 Å². The fraction of sp³-hybridized carbons (Fsp3) is 0.167. The molecule has 1 N–H and O–H groups in total. The maximum atomic E-state index is 12.0. The first-order chi connectivity index (χ1) is 12.4. The van der Waals surface area contributed by atoms with Gasteiger partial charge in [-0.3, -0.25) is 4.79 Å². The molecule has 0 spiro atoms. The second-order valence-electron chi connectivity index (χ2n) is 5.04. The van der Waals surface area contributed by atoms with Crippen LogP contribution < -0.4 is 10.1 Å². The van der Waals surface area contributed by atoms with Gasteiger partial charge in [0.25, 0.3) is 5.91 Å². The van der Waals surface area contributed by atoms with Crippen molar-refractivity contribution in [2.75, 3.05) is 26.1 Å². The molecule has 2 rings (SSSR count). The van der Waals surface area contributed by atoms with Gasteiger partial charge in [-0.1, -0.05) is 17.7 Å². The van der Waals surface area contributed by atoms with Gasteiger partial charge in [0.15, 0.2) is 6.61 Å². The molecular weight excluding hydrogens is 362 g/mol. The molecule has 1 amide bonds. The lowest BCUT2D eigenvalue weighted by Crippen LogP contribution is -2.21. The largest absolute Gasteiger partial charge is 0.495 e. The van der Waals surface area contributed by atoms with E-state index in [1.807, 2.05) is 0 Å². The number of ether oxygens (including phenoxy) is 3. The zero-order valence-electron chi connectivity index (χ0n) is 14.1. The van der Waals surface area contributed by atoms with Gasteiger partial charge in [0.2, 0.25) is 0 Å². The summed E-state index contributed by atoms with van der Waals surface area (Å²) in [6.45, 7) is -0.517. The first-order valence-corrected chi connectivity index (χ1v) is 7.81. The van der Waals surface area contributed by atoms with Crippen LogP contribution in [0.2, 0.25) is 5.02 Å². The van der Waals surface area contributed by atoms with Gasteiger partial charge in [-0.2, -0.15) is 0 Å². The smallest absolute Gasteiger partial charge is 0.338 e. The first kappa shape index (κ1) is 19.3. The molecule has 0 radical (unpaired) electrons. The Labute approximate surface area is 154 Å². The Balaban J connectivity index is 1.98. The van der Waals surface area contributed by atoms with Crippen LogP contribution in [0, 0.1) is 0 Å². The zero-order valence-corrected chi connectivity index (χ0v) is 14.8. The van der Waals surface area contributed by atoms with Gasteiger partial charge in [-0.25, -0.2) is 9.59 Å². The lowest BCUT2D eigenvalue weighted by Gasteiger charge is -2.11. The van der Waals surface area contributed by atoms with Gasteiger partial charge in [0.05, 0.1) is 31.0 Å². The van der Waals surface area contributed by atoms with Crippen molar-refractivity contribution < 1.29 is 28.6 Å². The molecule has 0 aliphatic heterocycles. The van der Waals surface area contributed by atoms with Crippen molar-refractivity contribution in [2.24, 2.45) is 0 Å². The minimum atomic E-state index is -0.746. The first-order valence-electron chi connectivity index (χ1n) is 7.43. The van der Waals surface area contributed by atoms with Gasteiger partial charge < -0.3 is 19.5 Å². The van der Waals surface area contributed by atoms with E-state index >= 15 is 0 Å². The van der Waals surface area contributed by atoms with Crippen LogP contribution in [0.15, 0.2) is 42.5 Å². The molecule has 0 fully saturated rings. The topological polar surface area (TPSA) is 90.9 Å². The van der Waals surface area contributed by atoms with Gasteiger partial charge >= 0.3 is 11.9 Å². The summed E-state index contributed by atoms with van der Waals surface area (Å²) >= 11 is 5.89. The van der Waals surface area contributed by atoms with Gasteiger partial charge in [0, 0.05) is 5.02 Å². The molecule has 2 aromatic rings. The predicted molar refractivity (Wildman–Crippen MR) is 94.7 cm³/mol. The Morgan fingerprint density at radius 3 is 2.35 bits per heavy atom. The number of methoxy groups -OCH3 is 2. The van der Waals surface area contributed by atoms with E-state index in [4.69, 9.17) is 21.1 Å². The normalized spacial score (nSPS) is 9.96. The third-order valence-electron chi connectivity index (χ3n) is 3.29. The van der Waals surface area contributed by atoms with Crippen LogP contribution in [0.5, 0.6) is 5.75 Å². The summed E-state index contributed by atoms with van der Waals surface area (Å²) in [5.74, 6) is -1.47. The predicted octanol–water partition coefficient (Wildman–Crippen LogP) is 2.93. The number of hydrogen-bond acceptors (Lipinski definition) is 6. The highest BCUT2D eigenvalue weighted by Gasteiger charge is 2.14. The van der Waals surface area contributed by atoms with Gasteiger partial charge in [-0.05, 0) is 36.4 Å². The molecule has 26 heavy (non-hydrogen) atoms. The number of anilines is 1. The van der Waals surface area contributed by atoms with Crippen LogP contribution >= 0.6 is 11.6 Å². The van der Waals surface area contributed by atoms with Gasteiger partial charge in [-0.15, -0.1) is 0 Å². The zero-order chi connectivity index (χ0) is 19.1. The summed E-state index contributed by atoms with van der Waals surface area (Å²) in [5.41, 5.74) is 0.685. The molecular formula is C18H16ClNO6. The number of esters is 2. The lowest BCUT2D eigenvalue weighted by atomic mass is 10.1. The molecule has 0 aliphatic carbocycles. The quantitative estimate of drug-likeness (QED) is 0.778. The highest BCUT2D eigenvalue weighted by Crippen LogP contribution is 2.27. The molecule has 7 nitrogen and oxygen atoms in total. The monoisotopic (exact) mass is 377 g/mol. The van der Waals surface area contributed by atoms with E-state index in [-0.39, 0.29) is 11.1 Å². The number of nitrogens with one attached hydrogen (secondary N) is 1. The van der Waals surface area contributed by atoms with E-state index in [2.05, 4.69) is 10.1 Å². The molecule has 0 aliphatic rings. The van der Waals surface area contributed by atoms with Crippen molar-refractivity contribution in [3.05, 3.63) is 58.6 Å². The lowest BCUT2D eigenvalue weighted by molar-refractivity contribution is -0.119. The molecule has 0 saturated heterocycles. The van der Waals surface area contributed by atoms with Gasteiger partial charge in [0.1, 0.15) is 5.75 Å². The molecule has 0 heterocycles. The third kappa shape index (κ3) is 4.97. The highest BCUT2D eigenvalue weighted by molar-refractivity contribution is 6.31. The van der Waals surface area contributed by atoms with Crippen molar-refractivity contribution in [1.82, 2.24) is 0 Å². The van der Waals surface area contributed by atoms with Crippen LogP contribution in [0.3, 0.4) is 0 Å². The minimum absolute atomic E-state index is 0.126. The minimum Gasteiger partial charge on any atom is -0.495 e. The summed E-state index contributed by atoms with van der Waals surface area (Å²) < 4.78 is 14.7. The standard InChI is InChI=1S/C18H16ClNO6/c1-24-15-7-6-13(19)9-14(15)20-16(21)10-26-18(23)12-5-3-4-11(8-12)17(22)25-2/h3-9H,10H2,1-2H3,(H,20,21). The van der Waals surface area contributed by atoms with E-state index < -0.39 is 24.5 Å². The van der Waals surface area contributed by atoms with Crippen LogP contribution in [0.25, 0.3) is 0 Å². The molecule has 0 saturated carbocycles. The number of amides is 1. The highest BCUT2D eigenvalue weighted by atomic mass is 35.5. The Bertz CT molecular complexity index is 836. The number of rotatable bonds is 6. The molecule has 2 aromatic carbocycles. The molecule has 0 unspecified atom stereocenters. The number of benzene rings is 2. The molecule has 8 heteroatoms. The maximum absolute atomic E-state index is 12.0. The fourth-order valence-corrected chi connectivity index (χ4v) is 2.24. The van der Waals surface area contributed by atoms with Crippen molar-refractivity contribution in [2.45, 2.75) is 0 Å². The van der Waals surface area contributed by atoms with Crippen LogP contribution in [-0.4, -0.2) is 38.7 Å². The molecule has 0 atom stereocenters. The number of carbonyl (C=O) groups excluding carboxylic acids is 3. The van der Waals surface area contributed by atoms with E-state index in [0.717, 1.165) is 0 Å². The Morgan fingerprint density at radius 2 is 1.69 bits per heavy atom. The third-order valence-corrected chi connectivity index (χ3v) is 3.52. The summed E-state index contributed by atoms with van der Waals surface area (Å²) in [5, 5.41) is 2.96. The van der Waals surface area contributed by atoms with E-state index in [0.29, 0.717) is 16.5 Å². The molecule has 136 valence electrons. The van der Waals surface area contributed by atoms with Crippen molar-refractivity contribution in [3.63, 3.8) is 0 Å². The van der Waals surface area contributed by atoms with Crippen LogP contribution in [-0.2, 0) is 14.3 Å². The summed E-state index contributed by atoms with van der Waals surface area (Å²) in [7, 11) is 2.69. The summed E-state index contributed by atoms with van der Waals surface area (Å²) in [4.78, 5) is 35.5. The summed E-state index contributed by atoms with van der Waals surface area (Å²) in [6.07, 6.45) is 0. The average Bonchev–Trinajstić information content (AvgIpc) is 2.65. The number of hydrogen-bond donors (Lipinski definition) is 1. The molecule has 0 aromatic heterocycles. The number of carbonyl (C=O) groups is 3. The maximum Gasteiger partial charge on any atom is 0.338 e. The van der Waals surface area contributed by atoms with Crippen molar-refractivity contribution in [3.8, 4) is 5.75 Å². The summed E-state index contributed by atoms with van der Waals surface area (Å²) in [6, 6.07) is 10.5. The number of halogens is 1. The molecule has 0 bridgehead atoms.